The Hall–Kier alpha value is -3.34. The second-order valence-corrected chi connectivity index (χ2v) is 18.7. The molecule has 0 fully saturated rings. The van der Waals surface area contributed by atoms with Crippen LogP contribution in [0.15, 0.2) is 78.8 Å². The predicted molar refractivity (Wildman–Crippen MR) is 175 cm³/mol. The van der Waals surface area contributed by atoms with E-state index in [1.165, 1.54) is 21.8 Å². The number of rotatable bonds is 3. The Morgan fingerprint density at radius 1 is 0.930 bits per heavy atom. The third kappa shape index (κ3) is 4.57. The van der Waals surface area contributed by atoms with E-state index in [2.05, 4.69) is 149 Å². The van der Waals surface area contributed by atoms with E-state index >= 15 is 0 Å². The molecule has 2 aliphatic rings. The predicted octanol–water partition coefficient (Wildman–Crippen LogP) is 8.29. The van der Waals surface area contributed by atoms with Gasteiger partial charge in [0.1, 0.15) is 5.82 Å². The summed E-state index contributed by atoms with van der Waals surface area (Å²) in [6.07, 6.45) is 4.16. The minimum absolute atomic E-state index is 0. The van der Waals surface area contributed by atoms with Gasteiger partial charge < -0.3 is 19.1 Å². The van der Waals surface area contributed by atoms with Crippen molar-refractivity contribution in [1.82, 2.24) is 14.5 Å². The van der Waals surface area contributed by atoms with Gasteiger partial charge in [0, 0.05) is 58.0 Å². The summed E-state index contributed by atoms with van der Waals surface area (Å²) in [6.45, 7) is 18.5. The normalized spacial score (nSPS) is 17.0. The Balaban J connectivity index is 0.00000329. The van der Waals surface area contributed by atoms with Crippen LogP contribution in [0.5, 0.6) is 11.5 Å². The largest absolute Gasteiger partial charge is 0.510 e. The second-order valence-electron chi connectivity index (χ2n) is 13.7. The summed E-state index contributed by atoms with van der Waals surface area (Å²) in [6, 6.07) is 28.5. The molecular weight excluding hydrogens is 728 g/mol. The molecule has 0 amide bonds. The van der Waals surface area contributed by atoms with Crippen molar-refractivity contribution in [2.75, 3.05) is 11.9 Å². The molecule has 3 aromatic carbocycles. The summed E-state index contributed by atoms with van der Waals surface area (Å²) in [7, 11) is 0.239. The van der Waals surface area contributed by atoms with Crippen LogP contribution >= 0.6 is 0 Å². The van der Waals surface area contributed by atoms with Gasteiger partial charge >= 0.3 is 0 Å². The molecule has 0 radical (unpaired) electrons. The smallest absolute Gasteiger partial charge is 0.135 e. The van der Waals surface area contributed by atoms with Crippen LogP contribution in [0.1, 0.15) is 40.2 Å². The van der Waals surface area contributed by atoms with Crippen molar-refractivity contribution >= 4 is 40.8 Å². The summed E-state index contributed by atoms with van der Waals surface area (Å²) in [5.41, 5.74) is 5.72. The average molecular weight is 765 g/mol. The zero-order valence-electron chi connectivity index (χ0n) is 26.0. The zero-order chi connectivity index (χ0) is 29.6. The topological polar surface area (TPSA) is 33.5 Å². The fourth-order valence-electron chi connectivity index (χ4n) is 6.35. The fourth-order valence-corrected chi connectivity index (χ4v) is 9.12. The molecule has 224 valence electrons. The summed E-state index contributed by atoms with van der Waals surface area (Å²) >= 11 is 0. The van der Waals surface area contributed by atoms with Crippen LogP contribution in [0.3, 0.4) is 0 Å². The van der Waals surface area contributed by atoms with Crippen molar-refractivity contribution in [3.63, 3.8) is 0 Å². The number of nitrogens with zero attached hydrogens (tertiary/aromatic N) is 4. The van der Waals surface area contributed by atoms with Gasteiger partial charge in [-0.1, -0.05) is 77.1 Å². The standard InChI is InChI=1S/C36H37N4OSi.Pt/c1-35(2,3)24-17-18-37-34(19-24)40-29-12-10-9-11-27(29)28-15-13-25(20-30(28)40)41-26-14-16-32-31(21-26)39-23-38(6)22-33(39)36(4,5)42(32,7)8;/h9-19,22-23H,1-8H3;/q-3;. The molecule has 0 aliphatic carbocycles. The first-order valence-electron chi connectivity index (χ1n) is 14.6. The molecule has 5 aromatic rings. The van der Waals surface area contributed by atoms with Crippen LogP contribution in [-0.2, 0) is 26.5 Å². The van der Waals surface area contributed by atoms with Gasteiger partial charge in [-0.2, -0.15) is 18.8 Å². The maximum atomic E-state index is 6.51. The van der Waals surface area contributed by atoms with Gasteiger partial charge in [-0.05, 0) is 52.8 Å². The van der Waals surface area contributed by atoms with Gasteiger partial charge in [-0.3, -0.25) is 0 Å². The number of para-hydroxylation sites is 1. The Labute approximate surface area is 270 Å². The Kier molecular flexibility index (Phi) is 6.98. The summed E-state index contributed by atoms with van der Waals surface area (Å²) < 4.78 is 8.71. The number of fused-ring (bicyclic) bond motifs is 6. The minimum atomic E-state index is -1.85. The molecule has 7 rings (SSSR count). The number of benzene rings is 3. The number of pyridine rings is 1. The molecule has 0 saturated heterocycles. The molecule has 4 heterocycles. The average Bonchev–Trinajstić information content (AvgIpc) is 3.50. The van der Waals surface area contributed by atoms with Crippen molar-refractivity contribution in [1.29, 1.82) is 0 Å². The van der Waals surface area contributed by atoms with Gasteiger partial charge in [0.15, 0.2) is 0 Å². The van der Waals surface area contributed by atoms with E-state index in [-0.39, 0.29) is 31.5 Å². The molecule has 0 saturated carbocycles. The SMILES string of the molecule is CN1C=C2N([CH-]1)c1[c-]c(Oc3[c-]c4c(cc3)c3ccccc3n4-c3cc(C(C)(C)C)ccn3)ccc1[Si](C)(C)C2(C)C.[Pt]. The van der Waals surface area contributed by atoms with E-state index in [9.17, 15) is 0 Å². The monoisotopic (exact) mass is 764 g/mol. The van der Waals surface area contributed by atoms with Gasteiger partial charge in [-0.15, -0.1) is 34.8 Å². The number of ether oxygens (including phenoxy) is 1. The zero-order valence-corrected chi connectivity index (χ0v) is 29.3. The maximum absolute atomic E-state index is 6.51. The van der Waals surface area contributed by atoms with Crippen molar-refractivity contribution in [2.45, 2.75) is 58.2 Å². The van der Waals surface area contributed by atoms with Crippen LogP contribution in [0.25, 0.3) is 27.6 Å². The summed E-state index contributed by atoms with van der Waals surface area (Å²) in [5.74, 6) is 2.22. The molecule has 2 aliphatic heterocycles. The summed E-state index contributed by atoms with van der Waals surface area (Å²) in [4.78, 5) is 9.23. The molecular formula is C36H37N4OPtSi-3. The van der Waals surface area contributed by atoms with Crippen molar-refractivity contribution in [3.05, 3.63) is 103 Å². The van der Waals surface area contributed by atoms with Crippen LogP contribution in [0, 0.1) is 18.8 Å². The molecule has 43 heavy (non-hydrogen) atoms. The quantitative estimate of drug-likeness (QED) is 0.137. The van der Waals surface area contributed by atoms with Gasteiger partial charge in [0.2, 0.25) is 0 Å². The first-order valence-corrected chi connectivity index (χ1v) is 17.6. The first-order chi connectivity index (χ1) is 19.9. The van der Waals surface area contributed by atoms with E-state index < -0.39 is 8.07 Å². The van der Waals surface area contributed by atoms with E-state index in [0.29, 0.717) is 11.5 Å². The van der Waals surface area contributed by atoms with Crippen molar-refractivity contribution in [3.8, 4) is 17.3 Å². The summed E-state index contributed by atoms with van der Waals surface area (Å²) in [5, 5.41) is 3.77. The number of hydrogen-bond acceptors (Lipinski definition) is 4. The maximum Gasteiger partial charge on any atom is 0.135 e. The van der Waals surface area contributed by atoms with Gasteiger partial charge in [0.05, 0.1) is 0 Å². The first kappa shape index (κ1) is 29.7. The van der Waals surface area contributed by atoms with E-state index in [1.807, 2.05) is 12.3 Å². The second kappa shape index (κ2) is 10.1. The van der Waals surface area contributed by atoms with Gasteiger partial charge in [-0.25, -0.2) is 4.98 Å². The van der Waals surface area contributed by atoms with Crippen LogP contribution < -0.4 is 14.8 Å². The third-order valence-electron chi connectivity index (χ3n) is 9.52. The molecule has 0 spiro atoms. The Morgan fingerprint density at radius 2 is 1.65 bits per heavy atom. The van der Waals surface area contributed by atoms with Crippen LogP contribution in [-0.4, -0.2) is 29.6 Å². The number of hydrogen-bond donors (Lipinski definition) is 0. The Bertz CT molecular complexity index is 1920. The molecule has 5 nitrogen and oxygen atoms in total. The number of allylic oxidation sites excluding steroid dienone is 1. The number of aromatic nitrogens is 2. The van der Waals surface area contributed by atoms with E-state index in [0.717, 1.165) is 27.9 Å². The molecule has 7 heteroatoms. The molecule has 2 aromatic heterocycles. The molecule has 0 unspecified atom stereocenters. The third-order valence-corrected chi connectivity index (χ3v) is 14.6. The fraction of sp³-hybridized carbons (Fsp3) is 0.278. The Morgan fingerprint density at radius 3 is 2.42 bits per heavy atom. The number of anilines is 1. The van der Waals surface area contributed by atoms with Crippen molar-refractivity contribution < 1.29 is 25.8 Å². The molecule has 0 bridgehead atoms. The minimum Gasteiger partial charge on any atom is -0.510 e. The van der Waals surface area contributed by atoms with Crippen LogP contribution in [0.4, 0.5) is 5.69 Å². The van der Waals surface area contributed by atoms with Gasteiger partial charge in [0.25, 0.3) is 0 Å². The van der Waals surface area contributed by atoms with E-state index in [4.69, 9.17) is 9.72 Å². The van der Waals surface area contributed by atoms with E-state index in [1.54, 1.807) is 0 Å². The van der Waals surface area contributed by atoms with Crippen LogP contribution in [0.2, 0.25) is 18.1 Å². The molecule has 0 N–H and O–H groups in total. The van der Waals surface area contributed by atoms with Crippen molar-refractivity contribution in [2.24, 2.45) is 0 Å². The molecule has 0 atom stereocenters.